The lowest BCUT2D eigenvalue weighted by Gasteiger charge is -1.97. The third kappa shape index (κ3) is 2.07. The van der Waals surface area contributed by atoms with E-state index in [1.54, 1.807) is 12.1 Å². The standard InChI is InChI=1S/C7H5ClN4.CH4O/c8-5-2-1-4-6(12-5)7(9)11-3-10-4;1-2/h1-3H,(H2,9,10,11);2H,1H3. The van der Waals surface area contributed by atoms with Crippen molar-refractivity contribution in [2.45, 2.75) is 0 Å². The summed E-state index contributed by atoms with van der Waals surface area (Å²) >= 11 is 5.67. The number of aliphatic hydroxyl groups excluding tert-OH is 1. The fraction of sp³-hybridized carbons (Fsp3) is 0.125. The molecule has 14 heavy (non-hydrogen) atoms. The molecule has 5 nitrogen and oxygen atoms in total. The number of nitrogens with zero attached hydrogens (tertiary/aromatic N) is 3. The number of aliphatic hydroxyl groups is 1. The van der Waals surface area contributed by atoms with Crippen LogP contribution in [0.5, 0.6) is 0 Å². The molecule has 0 bridgehead atoms. The summed E-state index contributed by atoms with van der Waals surface area (Å²) in [6.45, 7) is 0. The number of rotatable bonds is 0. The zero-order valence-corrected chi connectivity index (χ0v) is 8.23. The Bertz CT molecular complexity index is 435. The Morgan fingerprint density at radius 2 is 2.00 bits per heavy atom. The van der Waals surface area contributed by atoms with Crippen molar-refractivity contribution in [1.29, 1.82) is 0 Å². The average molecular weight is 213 g/mol. The highest BCUT2D eigenvalue weighted by Crippen LogP contribution is 2.16. The maximum absolute atomic E-state index is 7.00. The van der Waals surface area contributed by atoms with E-state index in [9.17, 15) is 0 Å². The number of pyridine rings is 1. The van der Waals surface area contributed by atoms with Crippen molar-refractivity contribution >= 4 is 28.5 Å². The fourth-order valence-corrected chi connectivity index (χ4v) is 1.08. The molecule has 74 valence electrons. The molecule has 3 N–H and O–H groups in total. The van der Waals surface area contributed by atoms with Crippen LogP contribution in [0.15, 0.2) is 18.5 Å². The van der Waals surface area contributed by atoms with Gasteiger partial charge in [0.1, 0.15) is 17.0 Å². The van der Waals surface area contributed by atoms with E-state index in [4.69, 9.17) is 22.4 Å². The number of nitrogens with two attached hydrogens (primary N) is 1. The Kier molecular flexibility index (Phi) is 3.55. The summed E-state index contributed by atoms with van der Waals surface area (Å²) < 4.78 is 0. The van der Waals surface area contributed by atoms with E-state index in [1.807, 2.05) is 0 Å². The Morgan fingerprint density at radius 1 is 1.29 bits per heavy atom. The van der Waals surface area contributed by atoms with Gasteiger partial charge in [-0.1, -0.05) is 11.6 Å². The summed E-state index contributed by atoms with van der Waals surface area (Å²) in [6.07, 6.45) is 1.40. The summed E-state index contributed by atoms with van der Waals surface area (Å²) in [5.74, 6) is 0.350. The number of anilines is 1. The molecule has 0 aromatic carbocycles. The monoisotopic (exact) mass is 212 g/mol. The lowest BCUT2D eigenvalue weighted by atomic mass is 10.3. The third-order valence-corrected chi connectivity index (χ3v) is 1.69. The lowest BCUT2D eigenvalue weighted by molar-refractivity contribution is 0.399. The maximum Gasteiger partial charge on any atom is 0.153 e. The second-order valence-electron chi connectivity index (χ2n) is 2.26. The molecule has 0 aliphatic carbocycles. The van der Waals surface area contributed by atoms with E-state index in [1.165, 1.54) is 6.33 Å². The molecule has 0 saturated carbocycles. The van der Waals surface area contributed by atoms with Crippen LogP contribution >= 0.6 is 11.6 Å². The average Bonchev–Trinajstić information content (AvgIpc) is 2.22. The molecule has 0 spiro atoms. The highest BCUT2D eigenvalue weighted by molar-refractivity contribution is 6.29. The van der Waals surface area contributed by atoms with Crippen LogP contribution in [-0.4, -0.2) is 27.2 Å². The van der Waals surface area contributed by atoms with Crippen LogP contribution in [0.2, 0.25) is 5.15 Å². The van der Waals surface area contributed by atoms with Gasteiger partial charge in [-0.25, -0.2) is 15.0 Å². The first-order valence-electron chi connectivity index (χ1n) is 3.75. The third-order valence-electron chi connectivity index (χ3n) is 1.48. The second-order valence-corrected chi connectivity index (χ2v) is 2.65. The van der Waals surface area contributed by atoms with Gasteiger partial charge < -0.3 is 10.8 Å². The van der Waals surface area contributed by atoms with Gasteiger partial charge >= 0.3 is 0 Å². The topological polar surface area (TPSA) is 84.9 Å². The lowest BCUT2D eigenvalue weighted by Crippen LogP contribution is -1.94. The predicted octanol–water partition coefficient (Wildman–Crippen LogP) is 0.869. The molecule has 0 aliphatic rings. The Hall–Kier alpha value is -1.46. The summed E-state index contributed by atoms with van der Waals surface area (Å²) in [6, 6.07) is 3.42. The largest absolute Gasteiger partial charge is 0.400 e. The van der Waals surface area contributed by atoms with Gasteiger partial charge in [0, 0.05) is 7.11 Å². The molecule has 2 aromatic heterocycles. The number of hydrogen-bond donors (Lipinski definition) is 2. The first kappa shape index (κ1) is 10.6. The van der Waals surface area contributed by atoms with Crippen molar-refractivity contribution < 1.29 is 5.11 Å². The number of halogens is 1. The van der Waals surface area contributed by atoms with Crippen LogP contribution in [-0.2, 0) is 0 Å². The van der Waals surface area contributed by atoms with Crippen LogP contribution in [0.25, 0.3) is 11.0 Å². The van der Waals surface area contributed by atoms with Crippen LogP contribution in [0.4, 0.5) is 5.82 Å². The number of nitrogen functional groups attached to an aromatic ring is 1. The molecular weight excluding hydrogens is 204 g/mol. The van der Waals surface area contributed by atoms with Gasteiger partial charge in [-0.2, -0.15) is 0 Å². The fourth-order valence-electron chi connectivity index (χ4n) is 0.935. The first-order chi connectivity index (χ1) is 6.77. The van der Waals surface area contributed by atoms with Crippen LogP contribution in [0, 0.1) is 0 Å². The van der Waals surface area contributed by atoms with E-state index in [0.29, 0.717) is 22.0 Å². The molecule has 2 rings (SSSR count). The smallest absolute Gasteiger partial charge is 0.153 e. The molecule has 0 atom stereocenters. The summed E-state index contributed by atoms with van der Waals surface area (Å²) in [5.41, 5.74) is 6.80. The number of hydrogen-bond acceptors (Lipinski definition) is 5. The summed E-state index contributed by atoms with van der Waals surface area (Å²) in [7, 11) is 1.00. The van der Waals surface area contributed by atoms with Crippen molar-refractivity contribution in [2.75, 3.05) is 12.8 Å². The first-order valence-corrected chi connectivity index (χ1v) is 4.12. The molecule has 0 saturated heterocycles. The Labute approximate surface area is 85.6 Å². The van der Waals surface area contributed by atoms with Gasteiger partial charge in [0.15, 0.2) is 5.82 Å². The normalized spacial score (nSPS) is 9.36. The Balaban J connectivity index is 0.000000461. The molecule has 0 aliphatic heterocycles. The molecule has 2 heterocycles. The van der Waals surface area contributed by atoms with Crippen molar-refractivity contribution in [1.82, 2.24) is 15.0 Å². The summed E-state index contributed by atoms with van der Waals surface area (Å²) in [5, 5.41) is 7.39. The van der Waals surface area contributed by atoms with E-state index < -0.39 is 0 Å². The van der Waals surface area contributed by atoms with Crippen molar-refractivity contribution in [2.24, 2.45) is 0 Å². The highest BCUT2D eigenvalue weighted by Gasteiger charge is 2.00. The number of fused-ring (bicyclic) bond motifs is 1. The quantitative estimate of drug-likeness (QED) is 0.633. The van der Waals surface area contributed by atoms with E-state index in [2.05, 4.69) is 15.0 Å². The summed E-state index contributed by atoms with van der Waals surface area (Å²) in [4.78, 5) is 11.8. The predicted molar refractivity (Wildman–Crippen MR) is 54.9 cm³/mol. The minimum atomic E-state index is 0.350. The zero-order chi connectivity index (χ0) is 10.6. The van der Waals surface area contributed by atoms with Crippen LogP contribution < -0.4 is 5.73 Å². The van der Waals surface area contributed by atoms with Gasteiger partial charge in [-0.05, 0) is 12.1 Å². The van der Waals surface area contributed by atoms with Crippen molar-refractivity contribution in [3.8, 4) is 0 Å². The Morgan fingerprint density at radius 3 is 2.71 bits per heavy atom. The molecule has 0 amide bonds. The molecule has 2 aromatic rings. The maximum atomic E-state index is 7.00. The van der Waals surface area contributed by atoms with Gasteiger partial charge in [-0.15, -0.1) is 0 Å². The van der Waals surface area contributed by atoms with E-state index >= 15 is 0 Å². The number of aromatic nitrogens is 3. The molecular formula is C8H9ClN4O. The van der Waals surface area contributed by atoms with Gasteiger partial charge in [0.05, 0.1) is 5.52 Å². The van der Waals surface area contributed by atoms with Crippen LogP contribution in [0.3, 0.4) is 0 Å². The van der Waals surface area contributed by atoms with Gasteiger partial charge in [0.2, 0.25) is 0 Å². The zero-order valence-electron chi connectivity index (χ0n) is 7.48. The van der Waals surface area contributed by atoms with E-state index in [-0.39, 0.29) is 0 Å². The minimum absolute atomic E-state index is 0.350. The minimum Gasteiger partial charge on any atom is -0.400 e. The van der Waals surface area contributed by atoms with E-state index in [0.717, 1.165) is 7.11 Å². The van der Waals surface area contributed by atoms with Crippen molar-refractivity contribution in [3.63, 3.8) is 0 Å². The highest BCUT2D eigenvalue weighted by atomic mass is 35.5. The molecule has 0 unspecified atom stereocenters. The second kappa shape index (κ2) is 4.69. The van der Waals surface area contributed by atoms with Gasteiger partial charge in [-0.3, -0.25) is 0 Å². The van der Waals surface area contributed by atoms with Crippen molar-refractivity contribution in [3.05, 3.63) is 23.6 Å². The van der Waals surface area contributed by atoms with Gasteiger partial charge in [0.25, 0.3) is 0 Å². The SMILES string of the molecule is CO.Nc1ncnc2ccc(Cl)nc12. The molecule has 0 radical (unpaired) electrons. The molecule has 0 fully saturated rings. The molecule has 6 heteroatoms. The van der Waals surface area contributed by atoms with Crippen LogP contribution in [0.1, 0.15) is 0 Å².